The minimum Gasteiger partial charge on any atom is -0.396 e. The highest BCUT2D eigenvalue weighted by molar-refractivity contribution is 5.39. The van der Waals surface area contributed by atoms with Gasteiger partial charge in [0.2, 0.25) is 0 Å². The van der Waals surface area contributed by atoms with Crippen LogP contribution in [0.5, 0.6) is 0 Å². The first kappa shape index (κ1) is 11.0. The lowest BCUT2D eigenvalue weighted by Crippen LogP contribution is -2.09. The molecule has 80 valence electrons. The minimum absolute atomic E-state index is 0.583. The van der Waals surface area contributed by atoms with E-state index in [1.54, 1.807) is 0 Å². The van der Waals surface area contributed by atoms with Crippen LogP contribution in [0.25, 0.3) is 0 Å². The number of nitrogens with two attached hydrogens (primary N) is 1. The number of hydrogen-bond acceptors (Lipinski definition) is 3. The summed E-state index contributed by atoms with van der Waals surface area (Å²) in [6.45, 7) is 8.44. The van der Waals surface area contributed by atoms with Crippen LogP contribution in [0.15, 0.2) is 6.20 Å². The van der Waals surface area contributed by atoms with E-state index in [0.717, 1.165) is 24.5 Å². The van der Waals surface area contributed by atoms with Crippen LogP contribution in [0, 0.1) is 12.8 Å². The Hall–Kier alpha value is -1.03. The van der Waals surface area contributed by atoms with E-state index in [0.29, 0.717) is 12.5 Å². The fourth-order valence-electron chi connectivity index (χ4n) is 1.12. The molecular weight excluding hydrogens is 178 g/mol. The van der Waals surface area contributed by atoms with Crippen LogP contribution in [-0.4, -0.2) is 23.0 Å². The maximum Gasteiger partial charge on any atom is 0.0822 e. The van der Waals surface area contributed by atoms with Crippen molar-refractivity contribution in [2.75, 3.05) is 18.9 Å². The van der Waals surface area contributed by atoms with E-state index in [1.807, 2.05) is 17.8 Å². The quantitative estimate of drug-likeness (QED) is 0.727. The third-order valence-electron chi connectivity index (χ3n) is 1.90. The number of aromatic nitrogens is 2. The van der Waals surface area contributed by atoms with E-state index >= 15 is 0 Å². The van der Waals surface area contributed by atoms with Crippen molar-refractivity contribution >= 4 is 5.69 Å². The van der Waals surface area contributed by atoms with Crippen LogP contribution in [-0.2, 0) is 11.3 Å². The van der Waals surface area contributed by atoms with Gasteiger partial charge in [0.15, 0.2) is 0 Å². The summed E-state index contributed by atoms with van der Waals surface area (Å²) in [6.07, 6.45) is 1.84. The van der Waals surface area contributed by atoms with Crippen LogP contribution in [0.4, 0.5) is 5.69 Å². The molecule has 0 aliphatic heterocycles. The lowest BCUT2D eigenvalue weighted by atomic mass is 10.2. The molecule has 0 aromatic carbocycles. The number of hydrogen-bond donors (Lipinski definition) is 1. The maximum absolute atomic E-state index is 5.67. The molecule has 2 N–H and O–H groups in total. The van der Waals surface area contributed by atoms with Gasteiger partial charge in [-0.3, -0.25) is 4.68 Å². The van der Waals surface area contributed by atoms with Gasteiger partial charge in [0.05, 0.1) is 24.5 Å². The lowest BCUT2D eigenvalue weighted by molar-refractivity contribution is 0.101. The monoisotopic (exact) mass is 197 g/mol. The van der Waals surface area contributed by atoms with Gasteiger partial charge < -0.3 is 10.5 Å². The zero-order valence-electron chi connectivity index (χ0n) is 9.16. The number of rotatable bonds is 5. The Balaban J connectivity index is 2.25. The molecule has 0 spiro atoms. The second kappa shape index (κ2) is 5.00. The third kappa shape index (κ3) is 3.38. The van der Waals surface area contributed by atoms with Crippen molar-refractivity contribution in [2.45, 2.75) is 27.3 Å². The summed E-state index contributed by atoms with van der Waals surface area (Å²) >= 11 is 0. The molecule has 0 unspecified atom stereocenters. The Morgan fingerprint density at radius 2 is 2.29 bits per heavy atom. The predicted molar refractivity (Wildman–Crippen MR) is 57.0 cm³/mol. The fourth-order valence-corrected chi connectivity index (χ4v) is 1.12. The smallest absolute Gasteiger partial charge is 0.0822 e. The molecule has 0 saturated carbocycles. The highest BCUT2D eigenvalue weighted by Gasteiger charge is 2.00. The lowest BCUT2D eigenvalue weighted by Gasteiger charge is -2.06. The van der Waals surface area contributed by atoms with Crippen LogP contribution in [0.1, 0.15) is 19.5 Å². The van der Waals surface area contributed by atoms with Gasteiger partial charge in [-0.25, -0.2) is 0 Å². The first-order chi connectivity index (χ1) is 6.59. The second-order valence-electron chi connectivity index (χ2n) is 3.90. The molecule has 0 aliphatic carbocycles. The molecular formula is C10H19N3O. The van der Waals surface area contributed by atoms with Crippen molar-refractivity contribution in [3.05, 3.63) is 11.9 Å². The first-order valence-electron chi connectivity index (χ1n) is 4.97. The largest absolute Gasteiger partial charge is 0.396 e. The highest BCUT2D eigenvalue weighted by atomic mass is 16.5. The topological polar surface area (TPSA) is 53.1 Å². The summed E-state index contributed by atoms with van der Waals surface area (Å²) in [6, 6.07) is 0. The van der Waals surface area contributed by atoms with E-state index in [4.69, 9.17) is 10.5 Å². The van der Waals surface area contributed by atoms with Crippen molar-refractivity contribution in [3.8, 4) is 0 Å². The molecule has 0 radical (unpaired) electrons. The van der Waals surface area contributed by atoms with Crippen molar-refractivity contribution in [1.29, 1.82) is 0 Å². The fraction of sp³-hybridized carbons (Fsp3) is 0.700. The standard InChI is InChI=1S/C10H19N3O/c1-8(2)7-14-5-4-13-6-10(11)9(3)12-13/h6,8H,4-5,7,11H2,1-3H3. The molecule has 14 heavy (non-hydrogen) atoms. The first-order valence-corrected chi connectivity index (χ1v) is 4.97. The Kier molecular flexibility index (Phi) is 3.95. The molecule has 1 heterocycles. The van der Waals surface area contributed by atoms with Gasteiger partial charge in [-0.2, -0.15) is 5.10 Å². The maximum atomic E-state index is 5.67. The summed E-state index contributed by atoms with van der Waals surface area (Å²) in [4.78, 5) is 0. The molecule has 4 nitrogen and oxygen atoms in total. The van der Waals surface area contributed by atoms with Gasteiger partial charge in [0.25, 0.3) is 0 Å². The van der Waals surface area contributed by atoms with Crippen LogP contribution < -0.4 is 5.73 Å². The van der Waals surface area contributed by atoms with Crippen molar-refractivity contribution in [1.82, 2.24) is 9.78 Å². The average Bonchev–Trinajstić information content (AvgIpc) is 2.40. The molecule has 1 aromatic rings. The summed E-state index contributed by atoms with van der Waals surface area (Å²) in [5.41, 5.74) is 7.30. The molecule has 4 heteroatoms. The van der Waals surface area contributed by atoms with Gasteiger partial charge in [-0.05, 0) is 12.8 Å². The third-order valence-corrected chi connectivity index (χ3v) is 1.90. The molecule has 0 aliphatic rings. The molecule has 0 fully saturated rings. The van der Waals surface area contributed by atoms with Crippen molar-refractivity contribution < 1.29 is 4.74 Å². The zero-order valence-corrected chi connectivity index (χ0v) is 9.16. The van der Waals surface area contributed by atoms with E-state index in [2.05, 4.69) is 18.9 Å². The van der Waals surface area contributed by atoms with Crippen molar-refractivity contribution in [2.24, 2.45) is 5.92 Å². The molecule has 0 bridgehead atoms. The molecule has 0 amide bonds. The number of aryl methyl sites for hydroxylation is 1. The number of nitrogens with zero attached hydrogens (tertiary/aromatic N) is 2. The van der Waals surface area contributed by atoms with Crippen molar-refractivity contribution in [3.63, 3.8) is 0 Å². The van der Waals surface area contributed by atoms with Gasteiger partial charge in [-0.15, -0.1) is 0 Å². The molecule has 0 saturated heterocycles. The van der Waals surface area contributed by atoms with Gasteiger partial charge in [0, 0.05) is 12.8 Å². The number of ether oxygens (including phenoxy) is 1. The Labute approximate surface area is 85.0 Å². The number of nitrogen functional groups attached to an aromatic ring is 1. The number of anilines is 1. The van der Waals surface area contributed by atoms with E-state index in [-0.39, 0.29) is 0 Å². The summed E-state index contributed by atoms with van der Waals surface area (Å²) < 4.78 is 7.27. The normalized spacial score (nSPS) is 11.1. The second-order valence-corrected chi connectivity index (χ2v) is 3.90. The highest BCUT2D eigenvalue weighted by Crippen LogP contribution is 2.06. The van der Waals surface area contributed by atoms with Crippen LogP contribution in [0.3, 0.4) is 0 Å². The van der Waals surface area contributed by atoms with Crippen LogP contribution in [0.2, 0.25) is 0 Å². The molecule has 1 rings (SSSR count). The Morgan fingerprint density at radius 3 is 2.79 bits per heavy atom. The average molecular weight is 197 g/mol. The molecule has 1 aromatic heterocycles. The van der Waals surface area contributed by atoms with Gasteiger partial charge in [-0.1, -0.05) is 13.8 Å². The van der Waals surface area contributed by atoms with E-state index in [9.17, 15) is 0 Å². The SMILES string of the molecule is Cc1nn(CCOCC(C)C)cc1N. The van der Waals surface area contributed by atoms with Gasteiger partial charge in [0.1, 0.15) is 0 Å². The molecule has 0 atom stereocenters. The minimum atomic E-state index is 0.583. The van der Waals surface area contributed by atoms with E-state index in [1.165, 1.54) is 0 Å². The predicted octanol–water partition coefficient (Wildman–Crippen LogP) is 1.45. The van der Waals surface area contributed by atoms with Gasteiger partial charge >= 0.3 is 0 Å². The van der Waals surface area contributed by atoms with Crippen LogP contribution >= 0.6 is 0 Å². The Morgan fingerprint density at radius 1 is 1.57 bits per heavy atom. The zero-order chi connectivity index (χ0) is 10.6. The summed E-state index contributed by atoms with van der Waals surface area (Å²) in [5, 5.41) is 4.24. The van der Waals surface area contributed by atoms with E-state index < -0.39 is 0 Å². The Bertz CT molecular complexity index is 261. The summed E-state index contributed by atoms with van der Waals surface area (Å²) in [5.74, 6) is 0.583. The summed E-state index contributed by atoms with van der Waals surface area (Å²) in [7, 11) is 0.